The molecule has 2 amide bonds. The molecule has 0 saturated heterocycles. The van der Waals surface area contributed by atoms with E-state index in [0.29, 0.717) is 35.4 Å². The van der Waals surface area contributed by atoms with E-state index in [-0.39, 0.29) is 17.8 Å². The molecule has 3 aromatic rings. The number of benzene rings is 2. The first-order valence-corrected chi connectivity index (χ1v) is 10.5. The maximum Gasteiger partial charge on any atom is 0.322 e. The van der Waals surface area contributed by atoms with Crippen molar-refractivity contribution in [2.24, 2.45) is 5.92 Å². The van der Waals surface area contributed by atoms with E-state index in [0.717, 1.165) is 11.3 Å². The molecule has 4 nitrogen and oxygen atoms in total. The minimum atomic E-state index is -0.280. The molecule has 0 fully saturated rings. The van der Waals surface area contributed by atoms with Crippen LogP contribution < -0.4 is 5.32 Å². The largest absolute Gasteiger partial charge is 0.345 e. The summed E-state index contributed by atoms with van der Waals surface area (Å²) < 4.78 is 15.5. The zero-order valence-electron chi connectivity index (χ0n) is 16.9. The Morgan fingerprint density at radius 1 is 1.10 bits per heavy atom. The van der Waals surface area contributed by atoms with Gasteiger partial charge in [-0.3, -0.25) is 0 Å². The average molecular weight is 448 g/mol. The molecule has 1 N–H and O–H groups in total. The lowest BCUT2D eigenvalue weighted by Crippen LogP contribution is -2.37. The van der Waals surface area contributed by atoms with Crippen molar-refractivity contribution in [3.05, 3.63) is 87.9 Å². The van der Waals surface area contributed by atoms with Crippen molar-refractivity contribution >= 4 is 34.9 Å². The van der Waals surface area contributed by atoms with Gasteiger partial charge in [0.25, 0.3) is 0 Å². The summed E-state index contributed by atoms with van der Waals surface area (Å²) in [5, 5.41) is 3.61. The minimum absolute atomic E-state index is 0.265. The van der Waals surface area contributed by atoms with Crippen molar-refractivity contribution in [1.29, 1.82) is 0 Å². The Kier molecular flexibility index (Phi) is 7.40. The van der Waals surface area contributed by atoms with Gasteiger partial charge < -0.3 is 14.8 Å². The molecular weight excluding hydrogens is 424 g/mol. The van der Waals surface area contributed by atoms with Crippen LogP contribution in [-0.4, -0.2) is 22.0 Å². The van der Waals surface area contributed by atoms with Gasteiger partial charge in [0, 0.05) is 25.0 Å². The highest BCUT2D eigenvalue weighted by Gasteiger charge is 2.19. The van der Waals surface area contributed by atoms with Crippen LogP contribution in [-0.2, 0) is 13.1 Å². The van der Waals surface area contributed by atoms with Gasteiger partial charge >= 0.3 is 6.03 Å². The summed E-state index contributed by atoms with van der Waals surface area (Å²) in [7, 11) is 0. The molecule has 0 atom stereocenters. The molecule has 0 bridgehead atoms. The van der Waals surface area contributed by atoms with Crippen molar-refractivity contribution in [3.8, 4) is 0 Å². The first-order chi connectivity index (χ1) is 14.3. The van der Waals surface area contributed by atoms with E-state index >= 15 is 0 Å². The highest BCUT2D eigenvalue weighted by molar-refractivity contribution is 6.39. The lowest BCUT2D eigenvalue weighted by Gasteiger charge is -2.26. The molecular formula is C23H24Cl2FN3O. The van der Waals surface area contributed by atoms with Crippen LogP contribution in [0, 0.1) is 11.7 Å². The Morgan fingerprint density at radius 3 is 2.47 bits per heavy atom. The van der Waals surface area contributed by atoms with Crippen LogP contribution in [0.4, 0.5) is 14.9 Å². The third kappa shape index (κ3) is 5.77. The first-order valence-electron chi connectivity index (χ1n) is 9.72. The molecule has 2 aromatic carbocycles. The molecule has 1 heterocycles. The molecule has 30 heavy (non-hydrogen) atoms. The highest BCUT2D eigenvalue weighted by Crippen LogP contribution is 2.30. The molecule has 0 radical (unpaired) electrons. The van der Waals surface area contributed by atoms with E-state index in [9.17, 15) is 9.18 Å². The Morgan fingerprint density at radius 2 is 1.80 bits per heavy atom. The number of aromatic nitrogens is 1. The Hall–Kier alpha value is -2.50. The van der Waals surface area contributed by atoms with Gasteiger partial charge in [-0.2, -0.15) is 0 Å². The number of rotatable bonds is 7. The van der Waals surface area contributed by atoms with Gasteiger partial charge in [-0.15, -0.1) is 0 Å². The van der Waals surface area contributed by atoms with E-state index in [1.165, 1.54) is 12.1 Å². The lowest BCUT2D eigenvalue weighted by atomic mass is 10.2. The summed E-state index contributed by atoms with van der Waals surface area (Å²) in [5.41, 5.74) is 2.20. The fourth-order valence-corrected chi connectivity index (χ4v) is 3.73. The molecule has 3 rings (SSSR count). The Bertz CT molecular complexity index is 999. The van der Waals surface area contributed by atoms with Crippen LogP contribution in [0.5, 0.6) is 0 Å². The Labute approximate surface area is 186 Å². The summed E-state index contributed by atoms with van der Waals surface area (Å²) >= 11 is 12.4. The number of para-hydroxylation sites is 1. The molecule has 158 valence electrons. The fourth-order valence-electron chi connectivity index (χ4n) is 3.24. The second kappa shape index (κ2) is 10.0. The molecule has 0 saturated carbocycles. The molecule has 0 spiro atoms. The number of urea groups is 1. The summed E-state index contributed by atoms with van der Waals surface area (Å²) in [6.45, 7) is 5.57. The van der Waals surface area contributed by atoms with Crippen LogP contribution in [0.2, 0.25) is 10.0 Å². The van der Waals surface area contributed by atoms with Gasteiger partial charge in [0.2, 0.25) is 0 Å². The number of nitrogens with zero attached hydrogens (tertiary/aromatic N) is 2. The van der Waals surface area contributed by atoms with Crippen LogP contribution in [0.25, 0.3) is 0 Å². The van der Waals surface area contributed by atoms with Crippen molar-refractivity contribution in [3.63, 3.8) is 0 Å². The zero-order valence-corrected chi connectivity index (χ0v) is 18.4. The van der Waals surface area contributed by atoms with Gasteiger partial charge in [-0.25, -0.2) is 9.18 Å². The maximum atomic E-state index is 13.5. The third-order valence-corrected chi connectivity index (χ3v) is 5.22. The molecule has 7 heteroatoms. The standard InChI is InChI=1S/C23H24Cl2FN3O/c1-16(2)13-29(23(30)27-22-20(24)9-4-10-21(22)25)15-19-8-5-11-28(19)14-17-6-3-7-18(26)12-17/h3-12,16H,13-15H2,1-2H3,(H,27,30). The maximum absolute atomic E-state index is 13.5. The summed E-state index contributed by atoms with van der Waals surface area (Å²) in [5.74, 6) is 0.00253. The molecule has 1 aromatic heterocycles. The van der Waals surface area contributed by atoms with Gasteiger partial charge in [0.1, 0.15) is 5.82 Å². The van der Waals surface area contributed by atoms with Crippen molar-refractivity contribution in [2.75, 3.05) is 11.9 Å². The fraction of sp³-hybridized carbons (Fsp3) is 0.261. The molecule has 0 aliphatic rings. The van der Waals surface area contributed by atoms with E-state index in [4.69, 9.17) is 23.2 Å². The summed E-state index contributed by atoms with van der Waals surface area (Å²) in [6, 6.07) is 15.2. The van der Waals surface area contributed by atoms with E-state index in [2.05, 4.69) is 19.2 Å². The minimum Gasteiger partial charge on any atom is -0.345 e. The topological polar surface area (TPSA) is 37.3 Å². The number of hydrogen-bond donors (Lipinski definition) is 1. The number of carbonyl (C=O) groups excluding carboxylic acids is 1. The lowest BCUT2D eigenvalue weighted by molar-refractivity contribution is 0.200. The van der Waals surface area contributed by atoms with Crippen molar-refractivity contribution in [1.82, 2.24) is 9.47 Å². The Balaban J connectivity index is 1.79. The molecule has 0 aliphatic carbocycles. The highest BCUT2D eigenvalue weighted by atomic mass is 35.5. The number of halogens is 3. The van der Waals surface area contributed by atoms with Gasteiger partial charge in [-0.05, 0) is 47.9 Å². The normalized spacial score (nSPS) is 11.0. The SMILES string of the molecule is CC(C)CN(Cc1cccn1Cc1cccc(F)c1)C(=O)Nc1c(Cl)cccc1Cl. The second-order valence-corrected chi connectivity index (χ2v) is 8.37. The van der Waals surface area contributed by atoms with Gasteiger partial charge in [0.05, 0.1) is 22.3 Å². The average Bonchev–Trinajstić information content (AvgIpc) is 3.10. The van der Waals surface area contributed by atoms with Crippen LogP contribution >= 0.6 is 23.2 Å². The van der Waals surface area contributed by atoms with Crippen LogP contribution in [0.15, 0.2) is 60.8 Å². The number of hydrogen-bond acceptors (Lipinski definition) is 1. The second-order valence-electron chi connectivity index (χ2n) is 7.56. The summed E-state index contributed by atoms with van der Waals surface area (Å²) in [6.07, 6.45) is 1.93. The van der Waals surface area contributed by atoms with Crippen LogP contribution in [0.3, 0.4) is 0 Å². The van der Waals surface area contributed by atoms with E-state index in [1.54, 1.807) is 29.2 Å². The smallest absolute Gasteiger partial charge is 0.322 e. The number of nitrogens with one attached hydrogen (secondary N) is 1. The van der Waals surface area contributed by atoms with Gasteiger partial charge in [-0.1, -0.05) is 55.2 Å². The van der Waals surface area contributed by atoms with Gasteiger partial charge in [0.15, 0.2) is 0 Å². The van der Waals surface area contributed by atoms with Crippen LogP contribution in [0.1, 0.15) is 25.1 Å². The molecule has 0 aliphatic heterocycles. The molecule has 0 unspecified atom stereocenters. The van der Waals surface area contributed by atoms with E-state index in [1.807, 2.05) is 29.0 Å². The number of carbonyl (C=O) groups is 1. The number of amides is 2. The zero-order chi connectivity index (χ0) is 21.7. The summed E-state index contributed by atoms with van der Waals surface area (Å²) in [4.78, 5) is 14.8. The van der Waals surface area contributed by atoms with Crippen molar-refractivity contribution < 1.29 is 9.18 Å². The number of anilines is 1. The van der Waals surface area contributed by atoms with Crippen molar-refractivity contribution in [2.45, 2.75) is 26.9 Å². The quantitative estimate of drug-likeness (QED) is 0.431. The first kappa shape index (κ1) is 22.2. The predicted molar refractivity (Wildman–Crippen MR) is 121 cm³/mol. The monoisotopic (exact) mass is 447 g/mol. The predicted octanol–water partition coefficient (Wildman–Crippen LogP) is 6.67. The third-order valence-electron chi connectivity index (χ3n) is 4.59. The van der Waals surface area contributed by atoms with E-state index < -0.39 is 0 Å².